The first-order valence-electron chi connectivity index (χ1n) is 10.2. The molecule has 0 bridgehead atoms. The van der Waals surface area contributed by atoms with Crippen LogP contribution in [-0.2, 0) is 26.4 Å². The number of benzene rings is 2. The van der Waals surface area contributed by atoms with Crippen LogP contribution < -0.4 is 5.32 Å². The van der Waals surface area contributed by atoms with E-state index in [0.717, 1.165) is 16.5 Å². The van der Waals surface area contributed by atoms with Gasteiger partial charge in [-0.2, -0.15) is 0 Å². The van der Waals surface area contributed by atoms with Gasteiger partial charge in [-0.25, -0.2) is 8.42 Å². The third kappa shape index (κ3) is 5.38. The normalized spacial score (nSPS) is 12.5. The molecule has 1 atom stereocenters. The number of aliphatic hydroxyl groups excluding tert-OH is 1. The number of aromatic nitrogens is 1. The minimum absolute atomic E-state index is 0.0546. The monoisotopic (exact) mass is 492 g/mol. The van der Waals surface area contributed by atoms with E-state index in [2.05, 4.69) is 5.32 Å². The Hall–Kier alpha value is -2.88. The van der Waals surface area contributed by atoms with E-state index >= 15 is 0 Å². The number of esters is 1. The molecule has 8 nitrogen and oxygen atoms in total. The zero-order valence-corrected chi connectivity index (χ0v) is 20.0. The number of rotatable bonds is 8. The first-order chi connectivity index (χ1) is 15.6. The second kappa shape index (κ2) is 9.94. The predicted octanol–water partition coefficient (Wildman–Crippen LogP) is 2.94. The van der Waals surface area contributed by atoms with E-state index in [4.69, 9.17) is 16.3 Å². The molecular weight excluding hydrogens is 468 g/mol. The van der Waals surface area contributed by atoms with E-state index in [9.17, 15) is 23.1 Å². The van der Waals surface area contributed by atoms with Crippen LogP contribution in [0.5, 0.6) is 0 Å². The summed E-state index contributed by atoms with van der Waals surface area (Å²) in [6, 6.07) is 10.3. The van der Waals surface area contributed by atoms with Gasteiger partial charge in [0.2, 0.25) is 0 Å². The van der Waals surface area contributed by atoms with E-state index in [1.807, 2.05) is 19.1 Å². The summed E-state index contributed by atoms with van der Waals surface area (Å²) in [4.78, 5) is 24.4. The molecule has 0 saturated carbocycles. The molecular formula is C23H25ClN2O6S. The van der Waals surface area contributed by atoms with E-state index < -0.39 is 40.1 Å². The van der Waals surface area contributed by atoms with Crippen molar-refractivity contribution >= 4 is 44.2 Å². The van der Waals surface area contributed by atoms with Crippen LogP contribution in [0.25, 0.3) is 10.9 Å². The molecule has 1 amide bonds. The lowest BCUT2D eigenvalue weighted by Gasteiger charge is -2.17. The highest BCUT2D eigenvalue weighted by atomic mass is 35.5. The van der Waals surface area contributed by atoms with Crippen molar-refractivity contribution < 1.29 is 27.9 Å². The van der Waals surface area contributed by atoms with Crippen molar-refractivity contribution in [2.75, 3.05) is 19.0 Å². The number of halogens is 1. The number of amides is 1. The molecule has 0 radical (unpaired) electrons. The number of carbonyl (C=O) groups excluding carboxylic acids is 2. The molecule has 1 heterocycles. The number of ether oxygens (including phenoxy) is 1. The molecule has 0 unspecified atom stereocenters. The standard InChI is InChI=1S/C23H25ClN2O6S/c1-4-32-22(28)13-33(30,31)16-7-5-15(6-8-16)19(12-27)25-23(29)21-11-17-18(24)9-14(2)10-20(17)26(21)3/h5-11,19,27H,4,12-13H2,1-3H3,(H,25,29)/t19-/m1/s1. The Morgan fingerprint density at radius 1 is 1.18 bits per heavy atom. The lowest BCUT2D eigenvalue weighted by molar-refractivity contribution is -0.139. The molecule has 3 aromatic rings. The average molecular weight is 493 g/mol. The van der Waals surface area contributed by atoms with E-state index in [1.54, 1.807) is 24.6 Å². The van der Waals surface area contributed by atoms with Crippen molar-refractivity contribution in [2.45, 2.75) is 24.8 Å². The minimum Gasteiger partial charge on any atom is -0.465 e. The summed E-state index contributed by atoms with van der Waals surface area (Å²) >= 11 is 6.32. The van der Waals surface area contributed by atoms with Crippen molar-refractivity contribution in [1.29, 1.82) is 0 Å². The second-order valence-electron chi connectivity index (χ2n) is 7.61. The smallest absolute Gasteiger partial charge is 0.321 e. The summed E-state index contributed by atoms with van der Waals surface area (Å²) in [7, 11) is -2.11. The minimum atomic E-state index is -3.87. The molecule has 0 aliphatic rings. The van der Waals surface area contributed by atoms with Gasteiger partial charge in [0.05, 0.1) is 34.7 Å². The van der Waals surface area contributed by atoms with Gasteiger partial charge in [0.15, 0.2) is 15.6 Å². The fourth-order valence-corrected chi connectivity index (χ4v) is 4.99. The molecule has 0 saturated heterocycles. The van der Waals surface area contributed by atoms with Gasteiger partial charge < -0.3 is 19.7 Å². The van der Waals surface area contributed by atoms with E-state index in [0.29, 0.717) is 16.3 Å². The van der Waals surface area contributed by atoms with Crippen LogP contribution in [0.1, 0.15) is 34.6 Å². The Labute approximate surface area is 197 Å². The van der Waals surface area contributed by atoms with Gasteiger partial charge in [0.25, 0.3) is 5.91 Å². The number of sulfone groups is 1. The number of aryl methyl sites for hydroxylation is 2. The van der Waals surface area contributed by atoms with E-state index in [1.165, 1.54) is 24.3 Å². The van der Waals surface area contributed by atoms with Crippen molar-refractivity contribution in [1.82, 2.24) is 9.88 Å². The predicted molar refractivity (Wildman–Crippen MR) is 125 cm³/mol. The van der Waals surface area contributed by atoms with Gasteiger partial charge in [-0.1, -0.05) is 23.7 Å². The van der Waals surface area contributed by atoms with Crippen LogP contribution in [0, 0.1) is 6.92 Å². The SMILES string of the molecule is CCOC(=O)CS(=O)(=O)c1ccc([C@@H](CO)NC(=O)c2cc3c(Cl)cc(C)cc3n2C)cc1. The third-order valence-corrected chi connectivity index (χ3v) is 7.15. The van der Waals surface area contributed by atoms with Crippen LogP contribution >= 0.6 is 11.6 Å². The molecule has 0 aliphatic heterocycles. The lowest BCUT2D eigenvalue weighted by Crippen LogP contribution is -2.32. The van der Waals surface area contributed by atoms with Gasteiger partial charge in [-0.15, -0.1) is 0 Å². The lowest BCUT2D eigenvalue weighted by atomic mass is 10.1. The highest BCUT2D eigenvalue weighted by molar-refractivity contribution is 7.92. The molecule has 0 spiro atoms. The first kappa shape index (κ1) is 24.8. The fraction of sp³-hybridized carbons (Fsp3) is 0.304. The summed E-state index contributed by atoms with van der Waals surface area (Å²) in [6.45, 7) is 3.20. The van der Waals surface area contributed by atoms with E-state index in [-0.39, 0.29) is 11.5 Å². The fourth-order valence-electron chi connectivity index (χ4n) is 3.55. The average Bonchev–Trinajstić information content (AvgIpc) is 3.08. The second-order valence-corrected chi connectivity index (χ2v) is 10.0. The Kier molecular flexibility index (Phi) is 7.46. The van der Waals surface area contributed by atoms with Crippen LogP contribution in [0.2, 0.25) is 5.02 Å². The van der Waals surface area contributed by atoms with Crippen LogP contribution in [0.15, 0.2) is 47.4 Å². The van der Waals surface area contributed by atoms with Gasteiger partial charge in [0.1, 0.15) is 5.69 Å². The zero-order valence-electron chi connectivity index (χ0n) is 18.5. The molecule has 33 heavy (non-hydrogen) atoms. The third-order valence-electron chi connectivity index (χ3n) is 5.23. The van der Waals surface area contributed by atoms with Gasteiger partial charge >= 0.3 is 5.97 Å². The summed E-state index contributed by atoms with van der Waals surface area (Å²) in [6.07, 6.45) is 0. The van der Waals surface area contributed by atoms with Gasteiger partial charge in [-0.05, 0) is 55.3 Å². The Bertz CT molecular complexity index is 1300. The number of carbonyl (C=O) groups is 2. The molecule has 176 valence electrons. The number of nitrogens with zero attached hydrogens (tertiary/aromatic N) is 1. The molecule has 3 rings (SSSR count). The summed E-state index contributed by atoms with van der Waals surface area (Å²) in [5.74, 6) is -2.00. The highest BCUT2D eigenvalue weighted by Crippen LogP contribution is 2.28. The maximum absolute atomic E-state index is 12.9. The zero-order chi connectivity index (χ0) is 24.3. The Balaban J connectivity index is 1.81. The number of aliphatic hydroxyl groups is 1. The number of fused-ring (bicyclic) bond motifs is 1. The Morgan fingerprint density at radius 3 is 2.45 bits per heavy atom. The van der Waals surface area contributed by atoms with Gasteiger partial charge in [-0.3, -0.25) is 9.59 Å². The Morgan fingerprint density at radius 2 is 1.85 bits per heavy atom. The maximum Gasteiger partial charge on any atom is 0.321 e. The van der Waals surface area contributed by atoms with Crippen molar-refractivity contribution in [2.24, 2.45) is 7.05 Å². The van der Waals surface area contributed by atoms with Crippen LogP contribution in [0.4, 0.5) is 0 Å². The number of hydrogen-bond donors (Lipinski definition) is 2. The molecule has 0 fully saturated rings. The van der Waals surface area contributed by atoms with Crippen molar-refractivity contribution in [3.8, 4) is 0 Å². The quantitative estimate of drug-likeness (QED) is 0.467. The summed E-state index contributed by atoms with van der Waals surface area (Å²) in [5, 5.41) is 13.9. The van der Waals surface area contributed by atoms with Crippen molar-refractivity contribution in [3.63, 3.8) is 0 Å². The first-order valence-corrected chi connectivity index (χ1v) is 12.3. The number of nitrogens with one attached hydrogen (secondary N) is 1. The largest absolute Gasteiger partial charge is 0.465 e. The van der Waals surface area contributed by atoms with Crippen LogP contribution in [-0.4, -0.2) is 48.9 Å². The molecule has 0 aliphatic carbocycles. The molecule has 10 heteroatoms. The topological polar surface area (TPSA) is 115 Å². The summed E-state index contributed by atoms with van der Waals surface area (Å²) < 4.78 is 31.2. The van der Waals surface area contributed by atoms with Gasteiger partial charge in [0, 0.05) is 12.4 Å². The number of hydrogen-bond acceptors (Lipinski definition) is 6. The summed E-state index contributed by atoms with van der Waals surface area (Å²) in [5.41, 5.74) is 2.65. The van der Waals surface area contributed by atoms with Crippen LogP contribution in [0.3, 0.4) is 0 Å². The van der Waals surface area contributed by atoms with Crippen molar-refractivity contribution in [3.05, 3.63) is 64.3 Å². The molecule has 2 aromatic carbocycles. The highest BCUT2D eigenvalue weighted by Gasteiger charge is 2.23. The molecule has 2 N–H and O–H groups in total. The molecule has 1 aromatic heterocycles. The maximum atomic E-state index is 12.9.